The van der Waals surface area contributed by atoms with Crippen LogP contribution in [-0.2, 0) is 24.1 Å². The number of hydrogen-bond acceptors (Lipinski definition) is 6. The van der Waals surface area contributed by atoms with Crippen molar-refractivity contribution in [2.24, 2.45) is 5.92 Å². The predicted octanol–water partition coefficient (Wildman–Crippen LogP) is 4.41. The Kier molecular flexibility index (Phi) is 4.45. The molecule has 3 fully saturated rings. The van der Waals surface area contributed by atoms with Gasteiger partial charge in [0.15, 0.2) is 0 Å². The number of amides is 1. The number of anilines is 1. The number of ether oxygens (including phenoxy) is 1. The number of alkyl halides is 3. The number of nitrogen functional groups attached to an aromatic ring is 1. The van der Waals surface area contributed by atoms with Crippen LogP contribution < -0.4 is 5.73 Å². The predicted molar refractivity (Wildman–Crippen MR) is 116 cm³/mol. The van der Waals surface area contributed by atoms with Gasteiger partial charge >= 0.3 is 6.18 Å². The monoisotopic (exact) mass is 469 g/mol. The Labute approximate surface area is 193 Å². The van der Waals surface area contributed by atoms with Gasteiger partial charge in [-0.2, -0.15) is 13.2 Å². The molecule has 3 aliphatic carbocycles. The molecule has 0 radical (unpaired) electrons. The summed E-state index contributed by atoms with van der Waals surface area (Å²) in [5.74, 6) is 0.742. The van der Waals surface area contributed by atoms with E-state index in [0.717, 1.165) is 48.0 Å². The molecule has 7 rings (SSSR count). The largest absolute Gasteiger partial charge is 0.417 e. The lowest BCUT2D eigenvalue weighted by molar-refractivity contribution is -0.138. The van der Waals surface area contributed by atoms with E-state index in [1.54, 1.807) is 17.2 Å². The van der Waals surface area contributed by atoms with Crippen LogP contribution in [-0.4, -0.2) is 31.3 Å². The van der Waals surface area contributed by atoms with E-state index >= 15 is 0 Å². The summed E-state index contributed by atoms with van der Waals surface area (Å²) >= 11 is 0. The number of fused-ring (bicyclic) bond motifs is 3. The van der Waals surface area contributed by atoms with Crippen molar-refractivity contribution >= 4 is 22.6 Å². The van der Waals surface area contributed by atoms with Gasteiger partial charge in [-0.1, -0.05) is 0 Å². The van der Waals surface area contributed by atoms with Gasteiger partial charge in [0.1, 0.15) is 11.5 Å². The second-order valence-corrected chi connectivity index (χ2v) is 9.56. The third kappa shape index (κ3) is 3.15. The van der Waals surface area contributed by atoms with E-state index in [1.165, 1.54) is 6.07 Å². The van der Waals surface area contributed by atoms with Crippen molar-refractivity contribution in [3.63, 3.8) is 0 Å². The first-order valence-electron chi connectivity index (χ1n) is 11.2. The Morgan fingerprint density at radius 1 is 1.24 bits per heavy atom. The molecule has 7 nitrogen and oxygen atoms in total. The molecule has 0 saturated heterocycles. The third-order valence-electron chi connectivity index (χ3n) is 7.45. The second-order valence-electron chi connectivity index (χ2n) is 9.56. The molecule has 176 valence electrons. The van der Waals surface area contributed by atoms with Crippen LogP contribution in [0.5, 0.6) is 0 Å². The maximum atomic E-state index is 13.7. The molecule has 0 spiro atoms. The molecule has 0 aromatic carbocycles. The summed E-state index contributed by atoms with van der Waals surface area (Å²) in [6, 6.07) is 4.06. The average Bonchev–Trinajstić information content (AvgIpc) is 3.13. The van der Waals surface area contributed by atoms with Gasteiger partial charge in [0, 0.05) is 22.7 Å². The molecule has 1 aliphatic heterocycles. The van der Waals surface area contributed by atoms with Gasteiger partial charge in [0.2, 0.25) is 0 Å². The van der Waals surface area contributed by atoms with E-state index in [0.29, 0.717) is 29.6 Å². The first kappa shape index (κ1) is 21.3. The van der Waals surface area contributed by atoms with Crippen LogP contribution in [0, 0.1) is 5.92 Å². The SMILES string of the molecule is C[C@H]1OCc2c1c(N)nc1cnc(C(=O)N(Cc3ccc(C(F)(F)F)cn3)C34CC(C3)C4)cc21. The molecule has 3 saturated carbocycles. The topological polar surface area (TPSA) is 94.2 Å². The van der Waals surface area contributed by atoms with Gasteiger partial charge < -0.3 is 15.4 Å². The minimum atomic E-state index is -4.46. The standard InChI is InChI=1S/C24H22F3N5O2/c1-12-20-17(11-34-12)16-4-18(30-9-19(16)31-21(20)28)22(33)32(23-5-13(6-23)7-23)10-15-3-2-14(8-29-15)24(25,26)27/h2-4,8-9,12-13H,5-7,10-11H2,1H3,(H2,28,31)/t12-,13?,23?/m1/s1. The maximum absolute atomic E-state index is 13.7. The molecular formula is C24H22F3N5O2. The smallest absolute Gasteiger partial charge is 0.383 e. The van der Waals surface area contributed by atoms with Crippen molar-refractivity contribution in [2.75, 3.05) is 5.73 Å². The van der Waals surface area contributed by atoms with Crippen molar-refractivity contribution < 1.29 is 22.7 Å². The fourth-order valence-electron chi connectivity index (χ4n) is 5.49. The van der Waals surface area contributed by atoms with Gasteiger partial charge in [-0.05, 0) is 55.9 Å². The van der Waals surface area contributed by atoms with Gasteiger partial charge in [-0.15, -0.1) is 0 Å². The number of carbonyl (C=O) groups excluding carboxylic acids is 1. The van der Waals surface area contributed by atoms with Gasteiger partial charge in [-0.3, -0.25) is 9.78 Å². The van der Waals surface area contributed by atoms with Crippen LogP contribution in [0.1, 0.15) is 65.2 Å². The van der Waals surface area contributed by atoms with Crippen molar-refractivity contribution in [2.45, 2.75) is 57.2 Å². The summed E-state index contributed by atoms with van der Waals surface area (Å²) in [4.78, 5) is 28.2. The molecule has 1 atom stereocenters. The first-order chi connectivity index (χ1) is 16.1. The minimum absolute atomic E-state index is 0.127. The van der Waals surface area contributed by atoms with Crippen LogP contribution >= 0.6 is 0 Å². The van der Waals surface area contributed by atoms with Crippen LogP contribution in [0.2, 0.25) is 0 Å². The zero-order chi connectivity index (χ0) is 23.8. The number of carbonyl (C=O) groups is 1. The molecule has 2 N–H and O–H groups in total. The van der Waals surface area contributed by atoms with E-state index in [1.807, 2.05) is 6.92 Å². The van der Waals surface area contributed by atoms with E-state index in [4.69, 9.17) is 10.5 Å². The van der Waals surface area contributed by atoms with Crippen LogP contribution in [0.15, 0.2) is 30.6 Å². The molecule has 2 bridgehead atoms. The highest BCUT2D eigenvalue weighted by Crippen LogP contribution is 2.61. The molecule has 10 heteroatoms. The molecule has 0 unspecified atom stereocenters. The molecule has 1 amide bonds. The highest BCUT2D eigenvalue weighted by Gasteiger charge is 2.61. The quantitative estimate of drug-likeness (QED) is 0.608. The lowest BCUT2D eigenvalue weighted by Crippen LogP contribution is -2.69. The van der Waals surface area contributed by atoms with E-state index in [2.05, 4.69) is 15.0 Å². The number of hydrogen-bond donors (Lipinski definition) is 1. The number of pyridine rings is 3. The summed E-state index contributed by atoms with van der Waals surface area (Å²) < 4.78 is 44.5. The van der Waals surface area contributed by atoms with Gasteiger partial charge in [0.25, 0.3) is 5.91 Å². The van der Waals surface area contributed by atoms with Crippen molar-refractivity contribution in [1.82, 2.24) is 19.9 Å². The first-order valence-corrected chi connectivity index (χ1v) is 11.2. The summed E-state index contributed by atoms with van der Waals surface area (Å²) in [7, 11) is 0. The number of aromatic nitrogens is 3. The lowest BCUT2D eigenvalue weighted by atomic mass is 9.49. The summed E-state index contributed by atoms with van der Waals surface area (Å²) in [5, 5.41) is 0.775. The third-order valence-corrected chi connectivity index (χ3v) is 7.45. The molecule has 4 heterocycles. The zero-order valence-electron chi connectivity index (χ0n) is 18.4. The Hall–Kier alpha value is -3.27. The summed E-state index contributed by atoms with van der Waals surface area (Å²) in [5.41, 5.74) is 8.03. The average molecular weight is 469 g/mol. The highest BCUT2D eigenvalue weighted by molar-refractivity contribution is 5.97. The molecule has 3 aromatic heterocycles. The van der Waals surface area contributed by atoms with Crippen molar-refractivity contribution in [3.8, 4) is 0 Å². The Balaban J connectivity index is 1.35. The van der Waals surface area contributed by atoms with E-state index in [9.17, 15) is 18.0 Å². The fraction of sp³-hybridized carbons (Fsp3) is 0.417. The normalized spacial score (nSPS) is 24.9. The minimum Gasteiger partial charge on any atom is -0.383 e. The van der Waals surface area contributed by atoms with Crippen molar-refractivity contribution in [1.29, 1.82) is 0 Å². The second kappa shape index (κ2) is 7.11. The number of halogens is 3. The number of nitrogens with two attached hydrogens (primary N) is 1. The van der Waals surface area contributed by atoms with Crippen molar-refractivity contribution in [3.05, 3.63) is 58.7 Å². The highest BCUT2D eigenvalue weighted by atomic mass is 19.4. The Morgan fingerprint density at radius 2 is 2.00 bits per heavy atom. The van der Waals surface area contributed by atoms with Gasteiger partial charge in [-0.25, -0.2) is 9.97 Å². The van der Waals surface area contributed by atoms with Crippen LogP contribution in [0.25, 0.3) is 10.9 Å². The van der Waals surface area contributed by atoms with Gasteiger partial charge in [0.05, 0.1) is 42.2 Å². The fourth-order valence-corrected chi connectivity index (χ4v) is 5.49. The van der Waals surface area contributed by atoms with E-state index in [-0.39, 0.29) is 29.8 Å². The molecule has 3 aromatic rings. The maximum Gasteiger partial charge on any atom is 0.417 e. The Morgan fingerprint density at radius 3 is 2.62 bits per heavy atom. The summed E-state index contributed by atoms with van der Waals surface area (Å²) in [6.45, 7) is 2.41. The number of rotatable bonds is 4. The molecular weight excluding hydrogens is 447 g/mol. The van der Waals surface area contributed by atoms with E-state index < -0.39 is 11.7 Å². The van der Waals surface area contributed by atoms with Crippen LogP contribution in [0.4, 0.5) is 19.0 Å². The number of nitrogens with zero attached hydrogens (tertiary/aromatic N) is 4. The van der Waals surface area contributed by atoms with Crippen LogP contribution in [0.3, 0.4) is 0 Å². The summed E-state index contributed by atoms with van der Waals surface area (Å²) in [6.07, 6.45) is 0.405. The Bertz CT molecular complexity index is 1310. The molecule has 4 aliphatic rings. The molecule has 34 heavy (non-hydrogen) atoms. The lowest BCUT2D eigenvalue weighted by Gasteiger charge is -2.66. The zero-order valence-corrected chi connectivity index (χ0v) is 18.4.